The van der Waals surface area contributed by atoms with Crippen LogP contribution >= 0.6 is 0 Å². The summed E-state index contributed by atoms with van der Waals surface area (Å²) < 4.78 is 0. The van der Waals surface area contributed by atoms with Gasteiger partial charge in [0.05, 0.1) is 23.2 Å². The van der Waals surface area contributed by atoms with Gasteiger partial charge in [-0.05, 0) is 53.4 Å². The van der Waals surface area contributed by atoms with E-state index in [0.29, 0.717) is 5.69 Å². The summed E-state index contributed by atoms with van der Waals surface area (Å²) in [5, 5.41) is 19.9. The molecule has 3 aliphatic carbocycles. The van der Waals surface area contributed by atoms with E-state index in [1.807, 2.05) is 19.1 Å². The van der Waals surface area contributed by atoms with Gasteiger partial charge in [0.15, 0.2) is 0 Å². The molecule has 2 bridgehead atoms. The molecule has 154 valence electrons. The highest BCUT2D eigenvalue weighted by Crippen LogP contribution is 2.61. The highest BCUT2D eigenvalue weighted by atomic mass is 16.8. The number of carbonyl (C=O) groups is 2. The first-order valence-electron chi connectivity index (χ1n) is 10.3. The quantitative estimate of drug-likeness (QED) is 0.507. The van der Waals surface area contributed by atoms with E-state index in [4.69, 9.17) is 5.21 Å². The fourth-order valence-electron chi connectivity index (χ4n) is 5.83. The summed E-state index contributed by atoms with van der Waals surface area (Å²) in [5.41, 5.74) is 6.13. The molecule has 31 heavy (non-hydrogen) atoms. The molecule has 6 nitrogen and oxygen atoms in total. The summed E-state index contributed by atoms with van der Waals surface area (Å²) >= 11 is 0. The van der Waals surface area contributed by atoms with E-state index in [0.717, 1.165) is 27.8 Å². The molecule has 1 heterocycles. The molecular weight excluding hydrogens is 392 g/mol. The van der Waals surface area contributed by atoms with E-state index in [1.54, 1.807) is 0 Å². The van der Waals surface area contributed by atoms with Crippen LogP contribution in [0, 0.1) is 24.0 Å². The van der Waals surface area contributed by atoms with Crippen molar-refractivity contribution in [2.75, 3.05) is 10.1 Å². The number of amides is 2. The van der Waals surface area contributed by atoms with Gasteiger partial charge in [-0.1, -0.05) is 48.0 Å². The van der Waals surface area contributed by atoms with Gasteiger partial charge in [0.25, 0.3) is 0 Å². The highest BCUT2D eigenvalue weighted by molar-refractivity contribution is 6.23. The monoisotopic (exact) mass is 411 g/mol. The van der Waals surface area contributed by atoms with Crippen molar-refractivity contribution < 1.29 is 14.8 Å². The number of hydrogen-bond donors (Lipinski definition) is 1. The van der Waals surface area contributed by atoms with Crippen LogP contribution in [0.2, 0.25) is 0 Å². The third-order valence-corrected chi connectivity index (χ3v) is 7.02. The Balaban J connectivity index is 1.51. The zero-order chi connectivity index (χ0) is 21.4. The molecule has 3 aromatic rings. The molecule has 2 amide bonds. The van der Waals surface area contributed by atoms with Gasteiger partial charge in [-0.15, -0.1) is 0 Å². The molecule has 4 aliphatic rings. The number of aryl methyl sites for hydroxylation is 1. The average Bonchev–Trinajstić information content (AvgIpc) is 3.04. The van der Waals surface area contributed by atoms with Crippen molar-refractivity contribution in [3.8, 4) is 0 Å². The number of carbonyl (C=O) groups excluding carboxylic acids is 2. The molecular formula is C25H19N2O4-. The Labute approximate surface area is 178 Å². The van der Waals surface area contributed by atoms with Crippen LogP contribution in [0.1, 0.15) is 39.7 Å². The SMILES string of the molecule is Cc1ccc2c(c1)[C@H]1c3ccccc3[C@H]2[C@@H]2C(=O)N(c3ccc(N([O-])O)cc3)C(=O)[C@H]12. The molecule has 4 atom stereocenters. The Bertz CT molecular complexity index is 1250. The number of imide groups is 1. The standard InChI is InChI=1S/C25H19N2O4/c1-13-6-11-18-19(12-13)21-17-5-3-2-4-16(17)20(18)22-23(21)25(29)26(24(22)28)14-7-9-15(10-8-14)27(30)31/h2-12,20-23,30H,1H3/q-1/t20-,21-,22+,23-/m1/s1. The Morgan fingerprint density at radius 3 is 1.94 bits per heavy atom. The van der Waals surface area contributed by atoms with Gasteiger partial charge in [0.2, 0.25) is 11.8 Å². The first-order chi connectivity index (χ1) is 15.0. The van der Waals surface area contributed by atoms with Crippen molar-refractivity contribution in [1.82, 2.24) is 0 Å². The minimum atomic E-state index is -0.449. The lowest BCUT2D eigenvalue weighted by molar-refractivity contribution is -0.122. The normalized spacial score (nSPS) is 25.3. The van der Waals surface area contributed by atoms with Gasteiger partial charge >= 0.3 is 0 Å². The van der Waals surface area contributed by atoms with Crippen LogP contribution in [-0.2, 0) is 9.59 Å². The summed E-state index contributed by atoms with van der Waals surface area (Å²) in [6.45, 7) is 2.04. The van der Waals surface area contributed by atoms with Crippen LogP contribution < -0.4 is 10.1 Å². The van der Waals surface area contributed by atoms with E-state index < -0.39 is 11.8 Å². The Morgan fingerprint density at radius 2 is 1.35 bits per heavy atom. The summed E-state index contributed by atoms with van der Waals surface area (Å²) in [6, 6.07) is 20.3. The Morgan fingerprint density at radius 1 is 0.806 bits per heavy atom. The maximum Gasteiger partial charge on any atom is 0.238 e. The third-order valence-electron chi connectivity index (χ3n) is 7.02. The zero-order valence-corrected chi connectivity index (χ0v) is 16.7. The van der Waals surface area contributed by atoms with E-state index in [1.165, 1.54) is 29.2 Å². The fourth-order valence-corrected chi connectivity index (χ4v) is 5.83. The van der Waals surface area contributed by atoms with Crippen LogP contribution in [0.4, 0.5) is 11.4 Å². The smallest absolute Gasteiger partial charge is 0.238 e. The second-order valence-electron chi connectivity index (χ2n) is 8.57. The maximum absolute atomic E-state index is 13.6. The molecule has 0 spiro atoms. The van der Waals surface area contributed by atoms with Crippen molar-refractivity contribution in [2.24, 2.45) is 11.8 Å². The third kappa shape index (κ3) is 2.34. The molecule has 0 unspecified atom stereocenters. The van der Waals surface area contributed by atoms with Crippen molar-refractivity contribution in [1.29, 1.82) is 0 Å². The van der Waals surface area contributed by atoms with Gasteiger partial charge < -0.3 is 10.4 Å². The lowest BCUT2D eigenvalue weighted by atomic mass is 9.55. The number of benzene rings is 3. The van der Waals surface area contributed by atoms with Gasteiger partial charge in [-0.2, -0.15) is 0 Å². The zero-order valence-electron chi connectivity index (χ0n) is 16.7. The fraction of sp³-hybridized carbons (Fsp3) is 0.200. The van der Waals surface area contributed by atoms with E-state index in [2.05, 4.69) is 30.3 Å². The molecule has 7 rings (SSSR count). The molecule has 1 fully saturated rings. The van der Waals surface area contributed by atoms with Crippen LogP contribution in [0.3, 0.4) is 0 Å². The molecule has 1 N–H and O–H groups in total. The van der Waals surface area contributed by atoms with Gasteiger partial charge in [0.1, 0.15) is 0 Å². The first kappa shape index (κ1) is 18.3. The predicted molar refractivity (Wildman–Crippen MR) is 115 cm³/mol. The number of hydrogen-bond acceptors (Lipinski definition) is 5. The molecule has 1 saturated heterocycles. The van der Waals surface area contributed by atoms with Crippen LogP contribution in [0.5, 0.6) is 0 Å². The summed E-state index contributed by atoms with van der Waals surface area (Å²) in [7, 11) is 0. The van der Waals surface area contributed by atoms with E-state index in [-0.39, 0.29) is 34.6 Å². The van der Waals surface area contributed by atoms with E-state index >= 15 is 0 Å². The minimum absolute atomic E-state index is 0.0376. The van der Waals surface area contributed by atoms with Crippen molar-refractivity contribution >= 4 is 23.2 Å². The van der Waals surface area contributed by atoms with Crippen LogP contribution in [0.15, 0.2) is 66.7 Å². The Hall–Kier alpha value is -3.48. The van der Waals surface area contributed by atoms with Gasteiger partial charge in [-0.25, -0.2) is 4.90 Å². The molecule has 0 aromatic heterocycles. The number of nitrogens with zero attached hydrogens (tertiary/aromatic N) is 2. The predicted octanol–water partition coefficient (Wildman–Crippen LogP) is 4.09. The first-order valence-corrected chi connectivity index (χ1v) is 10.3. The van der Waals surface area contributed by atoms with Crippen LogP contribution in [0.25, 0.3) is 0 Å². The molecule has 6 heteroatoms. The largest absolute Gasteiger partial charge is 0.733 e. The van der Waals surface area contributed by atoms with Crippen LogP contribution in [-0.4, -0.2) is 17.0 Å². The average molecular weight is 411 g/mol. The molecule has 1 aliphatic heterocycles. The second-order valence-corrected chi connectivity index (χ2v) is 8.57. The lowest BCUT2D eigenvalue weighted by Gasteiger charge is -2.46. The summed E-state index contributed by atoms with van der Waals surface area (Å²) in [4.78, 5) is 28.5. The molecule has 0 radical (unpaired) electrons. The second kappa shape index (κ2) is 6.26. The minimum Gasteiger partial charge on any atom is -0.733 e. The molecule has 0 saturated carbocycles. The highest BCUT2D eigenvalue weighted by Gasteiger charge is 2.61. The summed E-state index contributed by atoms with van der Waals surface area (Å²) in [6.07, 6.45) is 0. The number of rotatable bonds is 2. The van der Waals surface area contributed by atoms with Crippen molar-refractivity contribution in [3.05, 3.63) is 99.8 Å². The summed E-state index contributed by atoms with van der Waals surface area (Å²) in [5.74, 6) is -1.62. The molecule has 3 aromatic carbocycles. The van der Waals surface area contributed by atoms with Crippen molar-refractivity contribution in [2.45, 2.75) is 18.8 Å². The van der Waals surface area contributed by atoms with Gasteiger partial charge in [-0.3, -0.25) is 14.8 Å². The number of anilines is 2. The topological polar surface area (TPSA) is 83.9 Å². The Kier molecular flexibility index (Phi) is 3.70. The van der Waals surface area contributed by atoms with E-state index in [9.17, 15) is 14.8 Å². The lowest BCUT2D eigenvalue weighted by Crippen LogP contribution is -2.41. The van der Waals surface area contributed by atoms with Crippen molar-refractivity contribution in [3.63, 3.8) is 0 Å². The maximum atomic E-state index is 13.6. The van der Waals surface area contributed by atoms with Gasteiger partial charge in [0, 0.05) is 11.8 Å².